The van der Waals surface area contributed by atoms with E-state index in [9.17, 15) is 9.59 Å². The van der Waals surface area contributed by atoms with Crippen molar-refractivity contribution < 1.29 is 9.59 Å². The maximum atomic E-state index is 12.1. The van der Waals surface area contributed by atoms with E-state index in [0.29, 0.717) is 19.0 Å². The first kappa shape index (κ1) is 21.2. The Morgan fingerprint density at radius 3 is 2.58 bits per heavy atom. The summed E-state index contributed by atoms with van der Waals surface area (Å²) in [5, 5.41) is 9.31. The minimum Gasteiger partial charge on any atom is -0.354 e. The fourth-order valence-corrected chi connectivity index (χ4v) is 3.40. The second-order valence-electron chi connectivity index (χ2n) is 7.94. The van der Waals surface area contributed by atoms with Gasteiger partial charge in [0, 0.05) is 18.6 Å². The van der Waals surface area contributed by atoms with Crippen LogP contribution in [0.3, 0.4) is 0 Å². The predicted octanol–water partition coefficient (Wildman–Crippen LogP) is 0.903. The zero-order chi connectivity index (χ0) is 16.9. The van der Waals surface area contributed by atoms with Gasteiger partial charge in [-0.3, -0.25) is 14.5 Å². The first-order valence-electron chi connectivity index (χ1n) is 8.88. The average Bonchev–Trinajstić information content (AvgIpc) is 2.97. The Hall–Kier alpha value is -0.850. The van der Waals surface area contributed by atoms with Crippen molar-refractivity contribution in [3.05, 3.63) is 0 Å². The number of hydrogen-bond donors (Lipinski definition) is 3. The number of likely N-dealkylation sites (tertiary alicyclic amines) is 1. The third-order valence-corrected chi connectivity index (χ3v) is 4.43. The quantitative estimate of drug-likeness (QED) is 0.681. The minimum absolute atomic E-state index is 0. The first-order chi connectivity index (χ1) is 10.8. The Bertz CT molecular complexity index is 419. The van der Waals surface area contributed by atoms with Crippen molar-refractivity contribution in [1.82, 2.24) is 20.9 Å². The topological polar surface area (TPSA) is 73.5 Å². The lowest BCUT2D eigenvalue weighted by Gasteiger charge is -2.33. The molecule has 0 aromatic heterocycles. The molecule has 3 N–H and O–H groups in total. The molecular weight excluding hydrogens is 328 g/mol. The normalized spacial score (nSPS) is 25.0. The summed E-state index contributed by atoms with van der Waals surface area (Å²) < 4.78 is 0. The van der Waals surface area contributed by atoms with Crippen LogP contribution in [0, 0.1) is 5.92 Å². The van der Waals surface area contributed by atoms with Crippen LogP contribution in [0.2, 0.25) is 0 Å². The second-order valence-corrected chi connectivity index (χ2v) is 7.94. The van der Waals surface area contributed by atoms with Crippen molar-refractivity contribution in [2.45, 2.75) is 58.0 Å². The van der Waals surface area contributed by atoms with Crippen LogP contribution in [-0.2, 0) is 9.59 Å². The van der Waals surface area contributed by atoms with E-state index in [1.165, 1.54) is 0 Å². The molecule has 2 heterocycles. The summed E-state index contributed by atoms with van der Waals surface area (Å²) in [7, 11) is 0. The predicted molar refractivity (Wildman–Crippen MR) is 98.3 cm³/mol. The van der Waals surface area contributed by atoms with Crippen LogP contribution in [-0.4, -0.2) is 61.0 Å². The number of rotatable bonds is 5. The molecule has 2 aliphatic rings. The van der Waals surface area contributed by atoms with Crippen LogP contribution < -0.4 is 16.0 Å². The molecule has 2 rings (SSSR count). The molecule has 2 aliphatic heterocycles. The summed E-state index contributed by atoms with van der Waals surface area (Å²) in [4.78, 5) is 26.3. The smallest absolute Gasteiger partial charge is 0.237 e. The van der Waals surface area contributed by atoms with E-state index in [2.05, 4.69) is 20.9 Å². The molecule has 2 amide bonds. The summed E-state index contributed by atoms with van der Waals surface area (Å²) in [6.45, 7) is 9.95. The number of carbonyl (C=O) groups excluding carboxylic acids is 2. The molecule has 2 fully saturated rings. The van der Waals surface area contributed by atoms with Gasteiger partial charge in [0.1, 0.15) is 0 Å². The lowest BCUT2D eigenvalue weighted by molar-refractivity contribution is -0.125. The highest BCUT2D eigenvalue weighted by atomic mass is 35.5. The van der Waals surface area contributed by atoms with Crippen molar-refractivity contribution in [2.24, 2.45) is 5.92 Å². The van der Waals surface area contributed by atoms with Gasteiger partial charge in [-0.1, -0.05) is 0 Å². The van der Waals surface area contributed by atoms with Gasteiger partial charge in [-0.05, 0) is 65.5 Å². The van der Waals surface area contributed by atoms with E-state index >= 15 is 0 Å². The molecule has 6 nitrogen and oxygen atoms in total. The van der Waals surface area contributed by atoms with Crippen molar-refractivity contribution in [3.63, 3.8) is 0 Å². The van der Waals surface area contributed by atoms with Gasteiger partial charge in [0.25, 0.3) is 0 Å². The van der Waals surface area contributed by atoms with Gasteiger partial charge in [-0.15, -0.1) is 12.4 Å². The first-order valence-corrected chi connectivity index (χ1v) is 8.88. The molecule has 0 aromatic carbocycles. The van der Waals surface area contributed by atoms with E-state index in [1.54, 1.807) is 0 Å². The number of halogens is 1. The van der Waals surface area contributed by atoms with Crippen molar-refractivity contribution >= 4 is 24.2 Å². The Morgan fingerprint density at radius 1 is 1.21 bits per heavy atom. The Morgan fingerprint density at radius 2 is 1.96 bits per heavy atom. The maximum Gasteiger partial charge on any atom is 0.237 e. The SMILES string of the molecule is CC(C)(C)NC(=O)CN1CCCC(CNC(=O)C2CCCN2)C1.Cl. The van der Waals surface area contributed by atoms with Gasteiger partial charge >= 0.3 is 0 Å². The molecule has 0 aliphatic carbocycles. The number of nitrogens with one attached hydrogen (secondary N) is 3. The number of nitrogens with zero attached hydrogens (tertiary/aromatic N) is 1. The average molecular weight is 361 g/mol. The molecular formula is C17H33ClN4O2. The lowest BCUT2D eigenvalue weighted by Crippen LogP contribution is -2.49. The molecule has 2 saturated heterocycles. The van der Waals surface area contributed by atoms with Crippen LogP contribution >= 0.6 is 12.4 Å². The van der Waals surface area contributed by atoms with E-state index in [-0.39, 0.29) is 35.8 Å². The minimum atomic E-state index is -0.186. The zero-order valence-electron chi connectivity index (χ0n) is 15.2. The van der Waals surface area contributed by atoms with Gasteiger partial charge < -0.3 is 16.0 Å². The lowest BCUT2D eigenvalue weighted by atomic mass is 9.97. The molecule has 2 unspecified atom stereocenters. The number of piperidine rings is 1. The van der Waals surface area contributed by atoms with Crippen LogP contribution in [0.25, 0.3) is 0 Å². The van der Waals surface area contributed by atoms with E-state index < -0.39 is 0 Å². The molecule has 7 heteroatoms. The van der Waals surface area contributed by atoms with Crippen molar-refractivity contribution in [3.8, 4) is 0 Å². The second kappa shape index (κ2) is 9.59. The van der Waals surface area contributed by atoms with E-state index in [1.807, 2.05) is 20.8 Å². The number of hydrogen-bond acceptors (Lipinski definition) is 4. The highest BCUT2D eigenvalue weighted by Gasteiger charge is 2.25. The van der Waals surface area contributed by atoms with Crippen LogP contribution in [0.15, 0.2) is 0 Å². The van der Waals surface area contributed by atoms with Crippen LogP contribution in [0.4, 0.5) is 0 Å². The maximum absolute atomic E-state index is 12.1. The Balaban J connectivity index is 0.00000288. The number of carbonyl (C=O) groups is 2. The van der Waals surface area contributed by atoms with Gasteiger partial charge in [-0.25, -0.2) is 0 Å². The molecule has 0 radical (unpaired) electrons. The van der Waals surface area contributed by atoms with Crippen LogP contribution in [0.5, 0.6) is 0 Å². The summed E-state index contributed by atoms with van der Waals surface area (Å²) >= 11 is 0. The fraction of sp³-hybridized carbons (Fsp3) is 0.882. The largest absolute Gasteiger partial charge is 0.354 e. The van der Waals surface area contributed by atoms with Crippen LogP contribution in [0.1, 0.15) is 46.5 Å². The number of amides is 2. The van der Waals surface area contributed by atoms with Gasteiger partial charge in [-0.2, -0.15) is 0 Å². The molecule has 140 valence electrons. The third kappa shape index (κ3) is 7.36. The summed E-state index contributed by atoms with van der Waals surface area (Å²) in [5.74, 6) is 0.652. The monoisotopic (exact) mass is 360 g/mol. The standard InChI is InChI=1S/C17H32N4O2.ClH/c1-17(2,3)20-15(22)12-21-9-5-6-13(11-21)10-19-16(23)14-7-4-8-18-14;/h13-14,18H,4-12H2,1-3H3,(H,19,23)(H,20,22);1H. The molecule has 2 atom stereocenters. The summed E-state index contributed by atoms with van der Waals surface area (Å²) in [6, 6.07) is -0.00717. The zero-order valence-corrected chi connectivity index (χ0v) is 16.0. The summed E-state index contributed by atoms with van der Waals surface area (Å²) in [6.07, 6.45) is 4.23. The summed E-state index contributed by atoms with van der Waals surface area (Å²) in [5.41, 5.74) is -0.186. The van der Waals surface area contributed by atoms with Gasteiger partial charge in [0.05, 0.1) is 12.6 Å². The molecule has 0 spiro atoms. The molecule has 0 aromatic rings. The Kier molecular flexibility index (Phi) is 8.46. The van der Waals surface area contributed by atoms with E-state index in [4.69, 9.17) is 0 Å². The molecule has 24 heavy (non-hydrogen) atoms. The molecule has 0 bridgehead atoms. The highest BCUT2D eigenvalue weighted by Crippen LogP contribution is 2.16. The van der Waals surface area contributed by atoms with Gasteiger partial charge in [0.15, 0.2) is 0 Å². The highest BCUT2D eigenvalue weighted by molar-refractivity contribution is 5.85. The molecule has 0 saturated carbocycles. The third-order valence-electron chi connectivity index (χ3n) is 4.43. The van der Waals surface area contributed by atoms with Gasteiger partial charge in [0.2, 0.25) is 11.8 Å². The Labute approximate surface area is 151 Å². The fourth-order valence-electron chi connectivity index (χ4n) is 3.40. The van der Waals surface area contributed by atoms with Crippen molar-refractivity contribution in [1.29, 1.82) is 0 Å². The van der Waals surface area contributed by atoms with Crippen molar-refractivity contribution in [2.75, 3.05) is 32.7 Å². The van der Waals surface area contributed by atoms with E-state index in [0.717, 1.165) is 45.3 Å².